The van der Waals surface area contributed by atoms with Crippen LogP contribution in [0.4, 0.5) is 18.0 Å². The van der Waals surface area contributed by atoms with Crippen LogP contribution in [-0.4, -0.2) is 24.1 Å². The molecule has 0 saturated heterocycles. The number of benzene rings is 1. The molecule has 33 heavy (non-hydrogen) atoms. The monoisotopic (exact) mass is 505 g/mol. The lowest BCUT2D eigenvalue weighted by atomic mass is 9.88. The van der Waals surface area contributed by atoms with Gasteiger partial charge in [-0.05, 0) is 63.6 Å². The maximum absolute atomic E-state index is 14.1. The number of alkyl halides is 3. The molecule has 1 aromatic carbocycles. The molecule has 1 heterocycles. The second kappa shape index (κ2) is 11.0. The first-order chi connectivity index (χ1) is 15.4. The van der Waals surface area contributed by atoms with E-state index in [2.05, 4.69) is 16.0 Å². The van der Waals surface area contributed by atoms with Crippen LogP contribution in [0.25, 0.3) is 0 Å². The summed E-state index contributed by atoms with van der Waals surface area (Å²) in [5.74, 6) is 0. The first-order valence-electron chi connectivity index (χ1n) is 9.90. The molecule has 1 aliphatic heterocycles. The van der Waals surface area contributed by atoms with E-state index in [0.717, 1.165) is 12.1 Å². The average Bonchev–Trinajstić information content (AvgIpc) is 3.12. The van der Waals surface area contributed by atoms with E-state index in [1.807, 2.05) is 0 Å². The number of rotatable bonds is 7. The van der Waals surface area contributed by atoms with Crippen molar-refractivity contribution in [1.29, 1.82) is 0 Å². The van der Waals surface area contributed by atoms with Crippen LogP contribution in [0.1, 0.15) is 39.7 Å². The molecule has 2 rings (SSSR count). The second-order valence-electron chi connectivity index (χ2n) is 7.47. The molecule has 0 aromatic heterocycles. The van der Waals surface area contributed by atoms with E-state index in [0.29, 0.717) is 11.3 Å². The van der Waals surface area contributed by atoms with Crippen LogP contribution in [0.5, 0.6) is 0 Å². The molecule has 0 radical (unpaired) electrons. The minimum atomic E-state index is -4.79. The topological polar surface area (TPSA) is 72.0 Å². The summed E-state index contributed by atoms with van der Waals surface area (Å²) in [6.45, 7) is 6.94. The lowest BCUT2D eigenvalue weighted by molar-refractivity contribution is -0.275. The Hall–Kier alpha value is -2.65. The number of amides is 1. The van der Waals surface area contributed by atoms with E-state index in [9.17, 15) is 18.0 Å². The smallest absolute Gasteiger partial charge is 0.435 e. The van der Waals surface area contributed by atoms with Gasteiger partial charge in [-0.1, -0.05) is 40.5 Å². The summed E-state index contributed by atoms with van der Waals surface area (Å²) in [7, 11) is 0. The van der Waals surface area contributed by atoms with E-state index in [1.54, 1.807) is 39.8 Å². The van der Waals surface area contributed by atoms with Gasteiger partial charge >= 0.3 is 12.3 Å². The lowest BCUT2D eigenvalue weighted by Gasteiger charge is -2.29. The number of carbonyl (C=O) groups excluding carboxylic acids is 1. The van der Waals surface area contributed by atoms with Crippen LogP contribution in [0.2, 0.25) is 10.0 Å². The number of halogens is 5. The summed E-state index contributed by atoms with van der Waals surface area (Å²) in [6.07, 6.45) is -0.0578. The summed E-state index contributed by atoms with van der Waals surface area (Å²) in [4.78, 5) is 16.7. The van der Waals surface area contributed by atoms with E-state index in [-0.39, 0.29) is 27.4 Å². The van der Waals surface area contributed by atoms with Crippen LogP contribution in [0.15, 0.2) is 58.9 Å². The molecule has 2 N–H and O–H groups in total. The van der Waals surface area contributed by atoms with Crippen molar-refractivity contribution in [3.05, 3.63) is 69.4 Å². The summed E-state index contributed by atoms with van der Waals surface area (Å²) < 4.78 is 47.2. The van der Waals surface area contributed by atoms with Gasteiger partial charge in [0.15, 0.2) is 0 Å². The molecular formula is C22H24Cl2F3N3O3. The summed E-state index contributed by atoms with van der Waals surface area (Å²) in [5, 5.41) is 3.74. The van der Waals surface area contributed by atoms with Crippen molar-refractivity contribution >= 4 is 35.0 Å². The van der Waals surface area contributed by atoms with Crippen LogP contribution in [-0.2, 0) is 15.2 Å². The van der Waals surface area contributed by atoms with E-state index >= 15 is 0 Å². The Morgan fingerprint density at radius 1 is 1.21 bits per heavy atom. The zero-order chi connectivity index (χ0) is 24.8. The molecule has 0 bridgehead atoms. The number of nitrogens with one attached hydrogen (secondary N) is 2. The Morgan fingerprint density at radius 2 is 1.85 bits per heavy atom. The third-order valence-corrected chi connectivity index (χ3v) is 4.90. The van der Waals surface area contributed by atoms with Crippen LogP contribution in [0.3, 0.4) is 0 Å². The number of hydrogen-bond donors (Lipinski definition) is 2. The fraction of sp³-hybridized carbons (Fsp3) is 0.364. The SMILES string of the molecule is C\C=C/C(C)=C(\C=C\C1=NOC(c2cc(Cl)cc(Cl)c2)(C(F)(F)F)C1)NNC(=O)OC(C)C. The average molecular weight is 506 g/mol. The van der Waals surface area contributed by atoms with Crippen molar-refractivity contribution in [3.8, 4) is 0 Å². The van der Waals surface area contributed by atoms with Gasteiger partial charge in [-0.2, -0.15) is 13.2 Å². The third kappa shape index (κ3) is 6.91. The lowest BCUT2D eigenvalue weighted by Crippen LogP contribution is -2.42. The number of allylic oxidation sites excluding steroid dienone is 5. The van der Waals surface area contributed by atoms with Gasteiger partial charge in [-0.15, -0.1) is 0 Å². The van der Waals surface area contributed by atoms with Crippen LogP contribution < -0.4 is 10.9 Å². The molecule has 0 saturated carbocycles. The van der Waals surface area contributed by atoms with Gasteiger partial charge in [0.25, 0.3) is 5.60 Å². The van der Waals surface area contributed by atoms with Gasteiger partial charge in [0.2, 0.25) is 0 Å². The molecule has 6 nitrogen and oxygen atoms in total. The number of nitrogens with zero attached hydrogens (tertiary/aromatic N) is 1. The first kappa shape index (κ1) is 26.6. The molecule has 180 valence electrons. The minimum absolute atomic E-state index is 0.0285. The fourth-order valence-electron chi connectivity index (χ4n) is 2.96. The molecule has 1 unspecified atom stereocenters. The minimum Gasteiger partial charge on any atom is -0.446 e. The Morgan fingerprint density at radius 3 is 2.39 bits per heavy atom. The summed E-state index contributed by atoms with van der Waals surface area (Å²) >= 11 is 11.8. The highest BCUT2D eigenvalue weighted by atomic mass is 35.5. The summed E-state index contributed by atoms with van der Waals surface area (Å²) in [5.41, 5.74) is 3.22. The molecular weight excluding hydrogens is 482 g/mol. The maximum atomic E-state index is 14.1. The second-order valence-corrected chi connectivity index (χ2v) is 8.34. The van der Waals surface area contributed by atoms with Gasteiger partial charge in [0.1, 0.15) is 0 Å². The Balaban J connectivity index is 2.28. The molecule has 0 spiro atoms. The molecule has 0 aliphatic carbocycles. The number of ether oxygens (including phenoxy) is 1. The van der Waals surface area contributed by atoms with Gasteiger partial charge in [0.05, 0.1) is 17.5 Å². The number of carbonyl (C=O) groups is 1. The van der Waals surface area contributed by atoms with Crippen molar-refractivity contribution in [2.24, 2.45) is 5.16 Å². The van der Waals surface area contributed by atoms with Crippen molar-refractivity contribution in [3.63, 3.8) is 0 Å². The highest BCUT2D eigenvalue weighted by Gasteiger charge is 2.62. The largest absolute Gasteiger partial charge is 0.446 e. The predicted molar refractivity (Wildman–Crippen MR) is 122 cm³/mol. The van der Waals surface area contributed by atoms with Crippen molar-refractivity contribution < 1.29 is 27.5 Å². The first-order valence-corrected chi connectivity index (χ1v) is 10.7. The quantitative estimate of drug-likeness (QED) is 0.324. The number of hydrazine groups is 1. The van der Waals surface area contributed by atoms with Crippen molar-refractivity contribution in [2.45, 2.75) is 52.0 Å². The van der Waals surface area contributed by atoms with E-state index < -0.39 is 24.3 Å². The molecule has 1 amide bonds. The Kier molecular flexibility index (Phi) is 8.85. The van der Waals surface area contributed by atoms with E-state index in [4.69, 9.17) is 32.8 Å². The van der Waals surface area contributed by atoms with E-state index in [1.165, 1.54) is 18.2 Å². The Bertz CT molecular complexity index is 984. The maximum Gasteiger partial charge on any atom is 0.435 e. The standard InChI is InChI=1S/C22H24Cl2F3N3O3/c1-5-6-14(4)19(28-29-20(31)32-13(2)3)8-7-18-12-21(33-30-18,22(25,26)27)15-9-16(23)11-17(24)10-15/h5-11,13,28H,12H2,1-4H3,(H,29,31)/b6-5-,8-7+,19-14+. The van der Waals surface area contributed by atoms with Gasteiger partial charge in [-0.3, -0.25) is 5.43 Å². The Labute approximate surface area is 200 Å². The predicted octanol–water partition coefficient (Wildman–Crippen LogP) is 6.57. The molecule has 11 heteroatoms. The summed E-state index contributed by atoms with van der Waals surface area (Å²) in [6, 6.07) is 3.63. The van der Waals surface area contributed by atoms with Crippen molar-refractivity contribution in [1.82, 2.24) is 10.9 Å². The van der Waals surface area contributed by atoms with Gasteiger partial charge < -0.3 is 9.57 Å². The molecule has 1 aromatic rings. The highest BCUT2D eigenvalue weighted by Crippen LogP contribution is 2.49. The normalized spacial score (nSPS) is 19.5. The molecule has 1 atom stereocenters. The van der Waals surface area contributed by atoms with Crippen molar-refractivity contribution in [2.75, 3.05) is 0 Å². The van der Waals surface area contributed by atoms with Crippen LogP contribution in [0, 0.1) is 0 Å². The van der Waals surface area contributed by atoms with Gasteiger partial charge in [0, 0.05) is 22.0 Å². The number of oxime groups is 1. The zero-order valence-electron chi connectivity index (χ0n) is 18.4. The number of hydrogen-bond acceptors (Lipinski definition) is 5. The highest BCUT2D eigenvalue weighted by molar-refractivity contribution is 6.34. The third-order valence-electron chi connectivity index (χ3n) is 4.46. The molecule has 1 aliphatic rings. The van der Waals surface area contributed by atoms with Gasteiger partial charge in [-0.25, -0.2) is 10.2 Å². The zero-order valence-corrected chi connectivity index (χ0v) is 19.9. The molecule has 0 fully saturated rings. The fourth-order valence-corrected chi connectivity index (χ4v) is 3.48. The van der Waals surface area contributed by atoms with Crippen LogP contribution >= 0.6 is 23.2 Å².